The molecule has 0 aliphatic rings. The van der Waals surface area contributed by atoms with Crippen molar-refractivity contribution in [3.05, 3.63) is 0 Å². The molecule has 0 saturated heterocycles. The van der Waals surface area contributed by atoms with Crippen LogP contribution in [-0.4, -0.2) is 13.1 Å². The Balaban J connectivity index is 2.45. The van der Waals surface area contributed by atoms with Gasteiger partial charge in [0.25, 0.3) is 0 Å². The van der Waals surface area contributed by atoms with Crippen LogP contribution in [0.2, 0.25) is 1.41 Å². The van der Waals surface area contributed by atoms with Crippen LogP contribution in [-0.2, 0) is 0 Å². The SMILES string of the molecule is [3H]NCCCCN. The summed E-state index contributed by atoms with van der Waals surface area (Å²) in [6.45, 7) is 1.50. The van der Waals surface area contributed by atoms with E-state index in [-0.39, 0.29) is 0 Å². The molecule has 0 heterocycles. The van der Waals surface area contributed by atoms with Gasteiger partial charge in [-0.3, -0.25) is 0 Å². The summed E-state index contributed by atoms with van der Waals surface area (Å²) < 4.78 is 6.49. The highest BCUT2D eigenvalue weighted by Crippen LogP contribution is 1.77. The molecule has 38 valence electrons. The van der Waals surface area contributed by atoms with E-state index in [4.69, 9.17) is 7.15 Å². The second kappa shape index (κ2) is 4.92. The van der Waals surface area contributed by atoms with Crippen molar-refractivity contribution in [2.75, 3.05) is 13.1 Å². The maximum absolute atomic E-state index is 6.49. The number of unbranched alkanes of at least 4 members (excludes halogenated alkanes) is 1. The first kappa shape index (κ1) is 4.09. The average Bonchev–Trinajstić information content (AvgIpc) is 1.69. The molecule has 4 N–H and O–H groups in total. The van der Waals surface area contributed by atoms with Crippen LogP contribution < -0.4 is 11.5 Å². The summed E-state index contributed by atoms with van der Waals surface area (Å²) in [4.78, 5) is 0. The number of rotatable bonds is 4. The smallest absolute Gasteiger partial charge is 0.118 e. The van der Waals surface area contributed by atoms with E-state index >= 15 is 0 Å². The van der Waals surface area contributed by atoms with Gasteiger partial charge in [0.1, 0.15) is 1.41 Å². The Labute approximate surface area is 40.0 Å². The molecule has 2 heteroatoms. The van der Waals surface area contributed by atoms with E-state index in [1.165, 1.54) is 0 Å². The lowest BCUT2D eigenvalue weighted by atomic mass is 10.3. The van der Waals surface area contributed by atoms with Crippen molar-refractivity contribution in [1.82, 2.24) is 0 Å². The first-order chi connectivity index (χ1) is 3.41. The Hall–Kier alpha value is -0.0800. The van der Waals surface area contributed by atoms with Crippen LogP contribution in [0.5, 0.6) is 0 Å². The number of hydrogen-bond donors (Lipinski definition) is 2. The highest BCUT2D eigenvalue weighted by Gasteiger charge is 1.75. The summed E-state index contributed by atoms with van der Waals surface area (Å²) in [7, 11) is 0. The van der Waals surface area contributed by atoms with Crippen LogP contribution >= 0.6 is 0 Å². The molecule has 0 aliphatic heterocycles. The van der Waals surface area contributed by atoms with Gasteiger partial charge in [0.05, 0.1) is 0 Å². The quantitative estimate of drug-likeness (QED) is 0.465. The van der Waals surface area contributed by atoms with Gasteiger partial charge in [-0.2, -0.15) is 0 Å². The summed E-state index contributed by atoms with van der Waals surface area (Å²) in [6.07, 6.45) is 2.03. The molecule has 0 aliphatic carbocycles. The van der Waals surface area contributed by atoms with Gasteiger partial charge in [0.15, 0.2) is 0 Å². The molecule has 0 radical (unpaired) electrons. The predicted octanol–water partition coefficient (Wildman–Crippen LogP) is -0.316. The van der Waals surface area contributed by atoms with E-state index in [9.17, 15) is 0 Å². The molecule has 0 aromatic heterocycles. The normalized spacial score (nSPS) is 11.2. The van der Waals surface area contributed by atoms with Crippen LogP contribution in [0.3, 0.4) is 0 Å². The van der Waals surface area contributed by atoms with Crippen LogP contribution in [0.15, 0.2) is 0 Å². The molecule has 0 fully saturated rings. The number of nitrogens with two attached hydrogens (primary N) is 2. The van der Waals surface area contributed by atoms with Crippen molar-refractivity contribution in [2.45, 2.75) is 12.8 Å². The monoisotopic (exact) mass is 90.1 g/mol. The van der Waals surface area contributed by atoms with E-state index in [2.05, 4.69) is 5.73 Å². The molecule has 0 amide bonds. The zero-order valence-corrected chi connectivity index (χ0v) is 3.91. The Morgan fingerprint density at radius 1 is 1.33 bits per heavy atom. The maximum atomic E-state index is 6.49. The van der Waals surface area contributed by atoms with Crippen molar-refractivity contribution in [3.8, 4) is 0 Å². The number of hydrogen-bond acceptors (Lipinski definition) is 2. The Bertz CT molecular complexity index is 28.9. The fraction of sp³-hybridized carbons (Fsp3) is 1.00. The van der Waals surface area contributed by atoms with Gasteiger partial charge in [0.2, 0.25) is 0 Å². The van der Waals surface area contributed by atoms with Gasteiger partial charge in [-0.25, -0.2) is 0 Å². The zero-order chi connectivity index (χ0) is 5.54. The molecule has 6 heavy (non-hydrogen) atoms. The Morgan fingerprint density at radius 3 is 2.50 bits per heavy atom. The van der Waals surface area contributed by atoms with Crippen molar-refractivity contribution < 1.29 is 1.41 Å². The average molecular weight is 90.2 g/mol. The summed E-state index contributed by atoms with van der Waals surface area (Å²) in [5, 5.41) is 0. The zero-order valence-electron chi connectivity index (χ0n) is 4.91. The fourth-order valence-corrected chi connectivity index (χ4v) is 0.269. The first-order valence-corrected chi connectivity index (χ1v) is 2.26. The summed E-state index contributed by atoms with van der Waals surface area (Å²) in [5.74, 6) is 0. The lowest BCUT2D eigenvalue weighted by molar-refractivity contribution is 0.755. The third-order valence-electron chi connectivity index (χ3n) is 0.631. The lowest BCUT2D eigenvalue weighted by Gasteiger charge is -1.87. The van der Waals surface area contributed by atoms with Crippen molar-refractivity contribution in [1.29, 1.82) is 0 Å². The van der Waals surface area contributed by atoms with Gasteiger partial charge >= 0.3 is 0 Å². The second-order valence-corrected chi connectivity index (χ2v) is 1.25. The molecule has 0 rings (SSSR count). The standard InChI is InChI=1S/C4H12N2/c5-3-1-2-4-6/h1-6H2/i/hT. The Morgan fingerprint density at radius 2 is 2.00 bits per heavy atom. The molecule has 0 saturated carbocycles. The van der Waals surface area contributed by atoms with Crippen molar-refractivity contribution in [2.24, 2.45) is 11.5 Å². The third-order valence-corrected chi connectivity index (χ3v) is 0.631. The lowest BCUT2D eigenvalue weighted by Crippen LogP contribution is -2.03. The van der Waals surface area contributed by atoms with Gasteiger partial charge in [0, 0.05) is 0 Å². The fourth-order valence-electron chi connectivity index (χ4n) is 0.269. The molecular formula is C4H12N2. The maximum Gasteiger partial charge on any atom is 0.118 e. The minimum atomic E-state index is 0.738. The van der Waals surface area contributed by atoms with E-state index in [1.807, 2.05) is 0 Å². The van der Waals surface area contributed by atoms with E-state index < -0.39 is 0 Å². The summed E-state index contributed by atoms with van der Waals surface area (Å²) in [6, 6.07) is 0. The molecule has 0 aromatic rings. The molecule has 0 aromatic carbocycles. The highest BCUT2D eigenvalue weighted by molar-refractivity contribution is 4.38. The van der Waals surface area contributed by atoms with Crippen LogP contribution in [0.1, 0.15) is 12.8 Å². The van der Waals surface area contributed by atoms with Crippen molar-refractivity contribution in [3.63, 3.8) is 0 Å². The molecule has 0 unspecified atom stereocenters. The molecule has 0 atom stereocenters. The van der Waals surface area contributed by atoms with E-state index in [1.54, 1.807) is 0 Å². The minimum absolute atomic E-state index is 0.738. The third kappa shape index (κ3) is 3.92. The van der Waals surface area contributed by atoms with E-state index in [0.29, 0.717) is 0 Å². The Kier molecular flexibility index (Phi) is 3.35. The van der Waals surface area contributed by atoms with E-state index in [0.717, 1.165) is 25.9 Å². The molecular weight excluding hydrogens is 76.1 g/mol. The van der Waals surface area contributed by atoms with Crippen molar-refractivity contribution >= 4 is 0 Å². The van der Waals surface area contributed by atoms with Crippen LogP contribution in [0.4, 0.5) is 0 Å². The molecule has 2 nitrogen and oxygen atoms in total. The minimum Gasteiger partial charge on any atom is -0.330 e. The molecule has 0 bridgehead atoms. The summed E-state index contributed by atoms with van der Waals surface area (Å²) in [5.41, 5.74) is 7.48. The largest absolute Gasteiger partial charge is 0.330 e. The van der Waals surface area contributed by atoms with Gasteiger partial charge in [-0.1, -0.05) is 0 Å². The topological polar surface area (TPSA) is 52.0 Å². The van der Waals surface area contributed by atoms with Crippen LogP contribution in [0.25, 0.3) is 0 Å². The van der Waals surface area contributed by atoms with Gasteiger partial charge < -0.3 is 11.5 Å². The van der Waals surface area contributed by atoms with Gasteiger partial charge in [-0.05, 0) is 25.9 Å². The second-order valence-electron chi connectivity index (χ2n) is 1.25. The van der Waals surface area contributed by atoms with Crippen LogP contribution in [0, 0.1) is 0 Å². The highest BCUT2D eigenvalue weighted by atomic mass is 14.5. The summed E-state index contributed by atoms with van der Waals surface area (Å²) >= 11 is 0. The van der Waals surface area contributed by atoms with Gasteiger partial charge in [-0.15, -0.1) is 0 Å². The predicted molar refractivity (Wildman–Crippen MR) is 27.3 cm³/mol. The first-order valence-electron chi connectivity index (χ1n) is 2.76. The molecule has 0 spiro atoms.